The van der Waals surface area contributed by atoms with Gasteiger partial charge in [-0.05, 0) is 25.0 Å². The predicted octanol–water partition coefficient (Wildman–Crippen LogP) is 3.33. The number of nitro groups is 1. The molecule has 1 amide bonds. The summed E-state index contributed by atoms with van der Waals surface area (Å²) in [4.78, 5) is 47.3. The summed E-state index contributed by atoms with van der Waals surface area (Å²) in [5.41, 5.74) is 0.915. The Bertz CT molecular complexity index is 897. The molecule has 0 aliphatic rings. The van der Waals surface area contributed by atoms with E-state index in [4.69, 9.17) is 9.47 Å². The SMILES string of the molecule is CCOC(=O)C(C(C)=O)C(NC(=O)OCc1ccccc1)c1ccc([N+](=O)[O-])cc1. The number of esters is 1. The number of nitrogens with zero attached hydrogens (tertiary/aromatic N) is 1. The summed E-state index contributed by atoms with van der Waals surface area (Å²) in [7, 11) is 0. The largest absolute Gasteiger partial charge is 0.465 e. The van der Waals surface area contributed by atoms with Gasteiger partial charge in [-0.25, -0.2) is 4.79 Å². The zero-order valence-electron chi connectivity index (χ0n) is 16.6. The first-order valence-corrected chi connectivity index (χ1v) is 9.22. The Morgan fingerprint density at radius 1 is 1.03 bits per heavy atom. The second-order valence-corrected chi connectivity index (χ2v) is 6.37. The molecule has 0 radical (unpaired) electrons. The van der Waals surface area contributed by atoms with Gasteiger partial charge in [0.25, 0.3) is 5.69 Å². The molecule has 2 rings (SSSR count). The minimum atomic E-state index is -1.34. The van der Waals surface area contributed by atoms with E-state index >= 15 is 0 Å². The van der Waals surface area contributed by atoms with Crippen molar-refractivity contribution in [2.45, 2.75) is 26.5 Å². The maximum atomic E-state index is 12.4. The van der Waals surface area contributed by atoms with Crippen molar-refractivity contribution >= 4 is 23.5 Å². The Hall–Kier alpha value is -3.75. The zero-order chi connectivity index (χ0) is 22.1. The molecule has 0 heterocycles. The van der Waals surface area contributed by atoms with Crippen molar-refractivity contribution in [3.8, 4) is 0 Å². The van der Waals surface area contributed by atoms with Crippen LogP contribution in [0.4, 0.5) is 10.5 Å². The topological polar surface area (TPSA) is 125 Å². The number of Topliss-reactive ketones (excluding diaryl/α,β-unsaturated/α-hetero) is 1. The van der Waals surface area contributed by atoms with E-state index in [1.807, 2.05) is 6.07 Å². The molecular formula is C21H22N2O7. The first kappa shape index (κ1) is 22.5. The normalized spacial score (nSPS) is 12.3. The number of nitrogens with one attached hydrogen (secondary N) is 1. The van der Waals surface area contributed by atoms with Crippen LogP contribution in [0.15, 0.2) is 54.6 Å². The molecule has 2 unspecified atom stereocenters. The molecule has 158 valence electrons. The monoisotopic (exact) mass is 414 g/mol. The third kappa shape index (κ3) is 6.13. The minimum Gasteiger partial charge on any atom is -0.465 e. The molecule has 0 spiro atoms. The molecule has 2 atom stereocenters. The van der Waals surface area contributed by atoms with Gasteiger partial charge in [-0.15, -0.1) is 0 Å². The lowest BCUT2D eigenvalue weighted by molar-refractivity contribution is -0.384. The number of ether oxygens (including phenoxy) is 2. The highest BCUT2D eigenvalue weighted by molar-refractivity contribution is 5.99. The van der Waals surface area contributed by atoms with Gasteiger partial charge in [0, 0.05) is 12.1 Å². The Labute approximate surface area is 173 Å². The van der Waals surface area contributed by atoms with Crippen molar-refractivity contribution in [2.75, 3.05) is 6.61 Å². The van der Waals surface area contributed by atoms with Crippen molar-refractivity contribution in [1.29, 1.82) is 0 Å². The molecule has 0 saturated heterocycles. The van der Waals surface area contributed by atoms with Gasteiger partial charge in [0.05, 0.1) is 17.6 Å². The van der Waals surface area contributed by atoms with Crippen LogP contribution in [0.25, 0.3) is 0 Å². The maximum Gasteiger partial charge on any atom is 0.407 e. The lowest BCUT2D eigenvalue weighted by Crippen LogP contribution is -2.41. The second-order valence-electron chi connectivity index (χ2n) is 6.37. The third-order valence-corrected chi connectivity index (χ3v) is 4.26. The van der Waals surface area contributed by atoms with E-state index in [9.17, 15) is 24.5 Å². The quantitative estimate of drug-likeness (QED) is 0.289. The van der Waals surface area contributed by atoms with Crippen LogP contribution in [0, 0.1) is 16.0 Å². The summed E-state index contributed by atoms with van der Waals surface area (Å²) in [6.07, 6.45) is -0.849. The molecule has 30 heavy (non-hydrogen) atoms. The number of ketones is 1. The highest BCUT2D eigenvalue weighted by Crippen LogP contribution is 2.26. The van der Waals surface area contributed by atoms with Crippen molar-refractivity contribution in [3.05, 3.63) is 75.8 Å². The van der Waals surface area contributed by atoms with E-state index in [1.165, 1.54) is 31.2 Å². The summed E-state index contributed by atoms with van der Waals surface area (Å²) >= 11 is 0. The first-order valence-electron chi connectivity index (χ1n) is 9.22. The first-order chi connectivity index (χ1) is 14.3. The van der Waals surface area contributed by atoms with Crippen molar-refractivity contribution < 1.29 is 28.8 Å². The summed E-state index contributed by atoms with van der Waals surface area (Å²) in [5, 5.41) is 13.4. The maximum absolute atomic E-state index is 12.4. The van der Waals surface area contributed by atoms with Crippen LogP contribution in [0.2, 0.25) is 0 Å². The molecule has 0 aromatic heterocycles. The van der Waals surface area contributed by atoms with Gasteiger partial charge in [-0.2, -0.15) is 0 Å². The molecule has 9 heteroatoms. The Balaban J connectivity index is 2.27. The van der Waals surface area contributed by atoms with Gasteiger partial charge in [0.1, 0.15) is 18.3 Å². The molecular weight excluding hydrogens is 392 g/mol. The molecule has 9 nitrogen and oxygen atoms in total. The lowest BCUT2D eigenvalue weighted by Gasteiger charge is -2.25. The lowest BCUT2D eigenvalue weighted by atomic mass is 9.90. The zero-order valence-corrected chi connectivity index (χ0v) is 16.6. The van der Waals surface area contributed by atoms with Crippen LogP contribution in [0.5, 0.6) is 0 Å². The van der Waals surface area contributed by atoms with Crippen LogP contribution in [0.1, 0.15) is 31.0 Å². The van der Waals surface area contributed by atoms with E-state index in [-0.39, 0.29) is 18.9 Å². The van der Waals surface area contributed by atoms with Crippen LogP contribution < -0.4 is 5.32 Å². The van der Waals surface area contributed by atoms with E-state index in [1.54, 1.807) is 31.2 Å². The molecule has 0 fully saturated rings. The number of non-ortho nitro benzene ring substituents is 1. The Morgan fingerprint density at radius 3 is 2.20 bits per heavy atom. The summed E-state index contributed by atoms with van der Waals surface area (Å²) < 4.78 is 10.2. The molecule has 2 aromatic rings. The van der Waals surface area contributed by atoms with Crippen LogP contribution in [0.3, 0.4) is 0 Å². The highest BCUT2D eigenvalue weighted by atomic mass is 16.6. The number of benzene rings is 2. The molecule has 0 bridgehead atoms. The second kappa shape index (κ2) is 10.7. The van der Waals surface area contributed by atoms with Gasteiger partial charge in [-0.1, -0.05) is 42.5 Å². The Kier molecular flexibility index (Phi) is 8.04. The van der Waals surface area contributed by atoms with Crippen molar-refractivity contribution in [2.24, 2.45) is 5.92 Å². The number of alkyl carbamates (subject to hydrolysis) is 1. The molecule has 0 aliphatic carbocycles. The highest BCUT2D eigenvalue weighted by Gasteiger charge is 2.36. The fraction of sp³-hybridized carbons (Fsp3) is 0.286. The standard InChI is InChI=1S/C21H22N2O7/c1-3-29-20(25)18(14(2)24)19(16-9-11-17(12-10-16)23(27)28)22-21(26)30-13-15-7-5-4-6-8-15/h4-12,18-19H,3,13H2,1-2H3,(H,22,26). The molecule has 0 saturated carbocycles. The van der Waals surface area contributed by atoms with Crippen LogP contribution in [-0.2, 0) is 25.7 Å². The van der Waals surface area contributed by atoms with Gasteiger partial charge in [0.2, 0.25) is 0 Å². The van der Waals surface area contributed by atoms with Crippen molar-refractivity contribution in [3.63, 3.8) is 0 Å². The van der Waals surface area contributed by atoms with Gasteiger partial charge < -0.3 is 14.8 Å². The number of hydrogen-bond acceptors (Lipinski definition) is 7. The summed E-state index contributed by atoms with van der Waals surface area (Å²) in [6, 6.07) is 13.0. The number of carbonyl (C=O) groups is 3. The van der Waals surface area contributed by atoms with E-state index in [0.29, 0.717) is 5.56 Å². The van der Waals surface area contributed by atoms with E-state index < -0.39 is 34.7 Å². The van der Waals surface area contributed by atoms with E-state index in [0.717, 1.165) is 5.56 Å². The summed E-state index contributed by atoms with van der Waals surface area (Å²) in [6.45, 7) is 2.84. The number of amides is 1. The van der Waals surface area contributed by atoms with Gasteiger partial charge in [0.15, 0.2) is 0 Å². The number of hydrogen-bond donors (Lipinski definition) is 1. The molecule has 1 N–H and O–H groups in total. The average molecular weight is 414 g/mol. The fourth-order valence-electron chi connectivity index (χ4n) is 2.82. The third-order valence-electron chi connectivity index (χ3n) is 4.26. The minimum absolute atomic E-state index is 0.0101. The average Bonchev–Trinajstić information content (AvgIpc) is 2.72. The van der Waals surface area contributed by atoms with Crippen LogP contribution in [-0.4, -0.2) is 29.4 Å². The van der Waals surface area contributed by atoms with Crippen molar-refractivity contribution in [1.82, 2.24) is 5.32 Å². The van der Waals surface area contributed by atoms with Gasteiger partial charge in [-0.3, -0.25) is 19.7 Å². The number of carbonyl (C=O) groups excluding carboxylic acids is 3. The van der Waals surface area contributed by atoms with Gasteiger partial charge >= 0.3 is 12.1 Å². The molecule has 0 aliphatic heterocycles. The molecule has 2 aromatic carbocycles. The Morgan fingerprint density at radius 2 is 1.67 bits per heavy atom. The fourth-order valence-corrected chi connectivity index (χ4v) is 2.82. The van der Waals surface area contributed by atoms with Crippen LogP contribution >= 0.6 is 0 Å². The number of rotatable bonds is 9. The van der Waals surface area contributed by atoms with E-state index in [2.05, 4.69) is 5.32 Å². The summed E-state index contributed by atoms with van der Waals surface area (Å²) in [5.74, 6) is -2.67. The number of nitro benzene ring substituents is 1. The predicted molar refractivity (Wildman–Crippen MR) is 106 cm³/mol. The smallest absolute Gasteiger partial charge is 0.407 e.